The highest BCUT2D eigenvalue weighted by Gasteiger charge is 2.23. The van der Waals surface area contributed by atoms with Gasteiger partial charge in [-0.25, -0.2) is 0 Å². The van der Waals surface area contributed by atoms with E-state index < -0.39 is 0 Å². The zero-order chi connectivity index (χ0) is 7.56. The molecule has 1 radical (unpaired) electrons. The Balaban J connectivity index is 2.40. The molecule has 3 unspecified atom stereocenters. The van der Waals surface area contributed by atoms with Crippen molar-refractivity contribution >= 4 is 0 Å². The normalized spacial score (nSPS) is 34.8. The predicted octanol–water partition coefficient (Wildman–Crippen LogP) is 3.28. The summed E-state index contributed by atoms with van der Waals surface area (Å²) in [6.45, 7) is 8.75. The smallest absolute Gasteiger partial charge is 0.0363 e. The Kier molecular flexibility index (Phi) is 2.76. The molecule has 3 atom stereocenters. The lowest BCUT2D eigenvalue weighted by atomic mass is 9.75. The van der Waals surface area contributed by atoms with E-state index in [2.05, 4.69) is 20.8 Å². The van der Waals surface area contributed by atoms with Crippen LogP contribution >= 0.6 is 0 Å². The molecule has 0 nitrogen and oxygen atoms in total. The second-order valence-electron chi connectivity index (χ2n) is 3.90. The molecule has 0 bridgehead atoms. The molecule has 59 valence electrons. The van der Waals surface area contributed by atoms with E-state index in [0.717, 1.165) is 11.8 Å². The molecule has 0 aliphatic heterocycles. The minimum atomic E-state index is 0.662. The lowest BCUT2D eigenvalue weighted by Crippen LogP contribution is -2.21. The van der Waals surface area contributed by atoms with E-state index in [1.165, 1.54) is 25.7 Å². The van der Waals surface area contributed by atoms with E-state index in [9.17, 15) is 0 Å². The van der Waals surface area contributed by atoms with E-state index in [1.54, 1.807) is 0 Å². The summed E-state index contributed by atoms with van der Waals surface area (Å²) in [5.74, 6) is 2.50. The molecule has 10 heavy (non-hydrogen) atoms. The molecule has 0 heteroatoms. The van der Waals surface area contributed by atoms with Gasteiger partial charge in [-0.15, -0.1) is 0 Å². The first-order chi connectivity index (χ1) is 4.72. The number of hydrogen-bond donors (Lipinski definition) is 0. The van der Waals surface area contributed by atoms with E-state index >= 15 is 0 Å². The second-order valence-corrected chi connectivity index (χ2v) is 3.90. The molecule has 0 saturated heterocycles. The van der Waals surface area contributed by atoms with E-state index in [4.69, 9.17) is 0 Å². The average molecular weight is 139 g/mol. The van der Waals surface area contributed by atoms with Crippen LogP contribution in [0.4, 0.5) is 0 Å². The molecule has 0 amide bonds. The van der Waals surface area contributed by atoms with Gasteiger partial charge in [0.25, 0.3) is 0 Å². The molecule has 1 fully saturated rings. The molecule has 1 rings (SSSR count). The first-order valence-corrected chi connectivity index (χ1v) is 4.55. The highest BCUT2D eigenvalue weighted by Crippen LogP contribution is 2.34. The predicted molar refractivity (Wildman–Crippen MR) is 45.6 cm³/mol. The van der Waals surface area contributed by atoms with Crippen LogP contribution in [0.15, 0.2) is 0 Å². The van der Waals surface area contributed by atoms with Gasteiger partial charge in [0.2, 0.25) is 0 Å². The van der Waals surface area contributed by atoms with E-state index in [1.807, 2.05) is 0 Å². The third-order valence-corrected chi connectivity index (χ3v) is 2.91. The summed E-state index contributed by atoms with van der Waals surface area (Å²) in [7, 11) is 0. The largest absolute Gasteiger partial charge is 0.0622 e. The van der Waals surface area contributed by atoms with Gasteiger partial charge in [-0.3, -0.25) is 0 Å². The molecule has 1 saturated carbocycles. The Bertz CT molecular complexity index is 94.2. The van der Waals surface area contributed by atoms with Crippen molar-refractivity contribution in [2.75, 3.05) is 0 Å². The van der Waals surface area contributed by atoms with Gasteiger partial charge in [0.15, 0.2) is 0 Å². The van der Waals surface area contributed by atoms with Crippen LogP contribution in [0.25, 0.3) is 0 Å². The van der Waals surface area contributed by atoms with Gasteiger partial charge in [-0.1, -0.05) is 40.0 Å². The van der Waals surface area contributed by atoms with Crippen LogP contribution in [0.2, 0.25) is 0 Å². The first kappa shape index (κ1) is 8.10. The van der Waals surface area contributed by atoms with Gasteiger partial charge in [0.1, 0.15) is 0 Å². The fourth-order valence-electron chi connectivity index (χ4n) is 2.19. The summed E-state index contributed by atoms with van der Waals surface area (Å²) in [6.07, 6.45) is 5.75. The molecular weight excluding hydrogens is 120 g/mol. The van der Waals surface area contributed by atoms with Crippen molar-refractivity contribution in [3.8, 4) is 0 Å². The standard InChI is InChI=1S/C10H19/c1-8(2)10-7-5-4-6-9(10)3/h8-10H,1,4-7H2,2-3H3. The lowest BCUT2D eigenvalue weighted by Gasteiger charge is -2.31. The molecule has 0 N–H and O–H groups in total. The molecule has 0 aromatic carbocycles. The average Bonchev–Trinajstić information content (AvgIpc) is 1.88. The SMILES string of the molecule is [CH2]C(C)C1CCCCC1C. The van der Waals surface area contributed by atoms with Gasteiger partial charge < -0.3 is 0 Å². The maximum absolute atomic E-state index is 4.11. The van der Waals surface area contributed by atoms with Crippen molar-refractivity contribution in [2.45, 2.75) is 39.5 Å². The van der Waals surface area contributed by atoms with Gasteiger partial charge in [-0.2, -0.15) is 0 Å². The van der Waals surface area contributed by atoms with Gasteiger partial charge in [0, 0.05) is 0 Å². The summed E-state index contributed by atoms with van der Waals surface area (Å²) >= 11 is 0. The van der Waals surface area contributed by atoms with Crippen molar-refractivity contribution in [1.29, 1.82) is 0 Å². The highest BCUT2D eigenvalue weighted by molar-refractivity contribution is 4.77. The fraction of sp³-hybridized carbons (Fsp3) is 0.900. The molecule has 1 aliphatic carbocycles. The lowest BCUT2D eigenvalue weighted by molar-refractivity contribution is 0.210. The number of rotatable bonds is 1. The van der Waals surface area contributed by atoms with Gasteiger partial charge in [-0.05, 0) is 24.2 Å². The third kappa shape index (κ3) is 1.74. The van der Waals surface area contributed by atoms with Crippen molar-refractivity contribution in [2.24, 2.45) is 17.8 Å². The van der Waals surface area contributed by atoms with Crippen LogP contribution in [0.1, 0.15) is 39.5 Å². The van der Waals surface area contributed by atoms with Crippen LogP contribution in [-0.4, -0.2) is 0 Å². The molecule has 0 heterocycles. The fourth-order valence-corrected chi connectivity index (χ4v) is 2.19. The van der Waals surface area contributed by atoms with Crippen molar-refractivity contribution in [1.82, 2.24) is 0 Å². The Morgan fingerprint density at radius 1 is 1.30 bits per heavy atom. The van der Waals surface area contributed by atoms with Crippen molar-refractivity contribution in [3.05, 3.63) is 6.92 Å². The maximum atomic E-state index is 4.11. The van der Waals surface area contributed by atoms with Crippen LogP contribution < -0.4 is 0 Å². The van der Waals surface area contributed by atoms with E-state index in [0.29, 0.717) is 5.92 Å². The minimum absolute atomic E-state index is 0.662. The van der Waals surface area contributed by atoms with Crippen LogP contribution in [0.3, 0.4) is 0 Å². The maximum Gasteiger partial charge on any atom is -0.0363 e. The number of hydrogen-bond acceptors (Lipinski definition) is 0. The summed E-state index contributed by atoms with van der Waals surface area (Å²) in [5, 5.41) is 0. The summed E-state index contributed by atoms with van der Waals surface area (Å²) in [6, 6.07) is 0. The van der Waals surface area contributed by atoms with Crippen molar-refractivity contribution in [3.63, 3.8) is 0 Å². The van der Waals surface area contributed by atoms with Gasteiger partial charge >= 0.3 is 0 Å². The quantitative estimate of drug-likeness (QED) is 0.523. The highest BCUT2D eigenvalue weighted by atomic mass is 14.3. The Labute approximate surface area is 65.0 Å². The summed E-state index contributed by atoms with van der Waals surface area (Å²) in [4.78, 5) is 0. The van der Waals surface area contributed by atoms with E-state index in [-0.39, 0.29) is 0 Å². The monoisotopic (exact) mass is 139 g/mol. The zero-order valence-corrected chi connectivity index (χ0v) is 7.27. The summed E-state index contributed by atoms with van der Waals surface area (Å²) < 4.78 is 0. The second kappa shape index (κ2) is 3.41. The summed E-state index contributed by atoms with van der Waals surface area (Å²) in [5.41, 5.74) is 0. The topological polar surface area (TPSA) is 0 Å². The van der Waals surface area contributed by atoms with Crippen molar-refractivity contribution < 1.29 is 0 Å². The Hall–Kier alpha value is 0. The molecular formula is C10H19. The van der Waals surface area contributed by atoms with Gasteiger partial charge in [0.05, 0.1) is 0 Å². The molecule has 0 aromatic heterocycles. The third-order valence-electron chi connectivity index (χ3n) is 2.91. The molecule has 0 aromatic rings. The Morgan fingerprint density at radius 2 is 1.90 bits per heavy atom. The molecule has 0 spiro atoms. The van der Waals surface area contributed by atoms with Crippen LogP contribution in [0.5, 0.6) is 0 Å². The Morgan fingerprint density at radius 3 is 2.30 bits per heavy atom. The van der Waals surface area contributed by atoms with Crippen LogP contribution in [0, 0.1) is 24.7 Å². The van der Waals surface area contributed by atoms with Crippen LogP contribution in [-0.2, 0) is 0 Å². The molecule has 1 aliphatic rings. The minimum Gasteiger partial charge on any atom is -0.0622 e. The first-order valence-electron chi connectivity index (χ1n) is 4.55. The zero-order valence-electron chi connectivity index (χ0n) is 7.27.